The van der Waals surface area contributed by atoms with Crippen LogP contribution < -0.4 is 16.0 Å². The van der Waals surface area contributed by atoms with Gasteiger partial charge in [-0.2, -0.15) is 0 Å². The van der Waals surface area contributed by atoms with Crippen LogP contribution in [0.15, 0.2) is 30.3 Å². The minimum Gasteiger partial charge on any atom is -0.467 e. The van der Waals surface area contributed by atoms with Gasteiger partial charge in [-0.05, 0) is 24.8 Å². The topological polar surface area (TPSA) is 143 Å². The summed E-state index contributed by atoms with van der Waals surface area (Å²) in [6.07, 6.45) is 4.91. The molecule has 11 nitrogen and oxygen atoms in total. The maximum absolute atomic E-state index is 13.7. The van der Waals surface area contributed by atoms with Crippen molar-refractivity contribution in [1.29, 1.82) is 0 Å². The summed E-state index contributed by atoms with van der Waals surface area (Å²) in [5.74, 6) is -3.04. The first kappa shape index (κ1) is 30.1. The van der Waals surface area contributed by atoms with Gasteiger partial charge in [0, 0.05) is 13.1 Å². The fraction of sp³-hybridized carbons (Fsp3) is 0.607. The SMILES string of the molecule is CCCC[C@H](NC(=O)C1(NC(=O)N2CCOCC2)CCCCC1)C(=O)C(=O)N[C@@H](C(=O)OC)c1ccccc1. The number of benzene rings is 1. The molecule has 0 aromatic heterocycles. The summed E-state index contributed by atoms with van der Waals surface area (Å²) in [5.41, 5.74) is -0.709. The monoisotopic (exact) mass is 544 g/mol. The van der Waals surface area contributed by atoms with E-state index in [2.05, 4.69) is 16.0 Å². The highest BCUT2D eigenvalue weighted by atomic mass is 16.5. The molecular formula is C28H40N4O7. The first-order valence-corrected chi connectivity index (χ1v) is 13.7. The van der Waals surface area contributed by atoms with Crippen molar-refractivity contribution in [1.82, 2.24) is 20.9 Å². The van der Waals surface area contributed by atoms with Crippen LogP contribution in [0.4, 0.5) is 4.79 Å². The molecule has 1 saturated heterocycles. The average molecular weight is 545 g/mol. The molecule has 3 rings (SSSR count). The number of hydrogen-bond acceptors (Lipinski definition) is 7. The molecule has 11 heteroatoms. The molecule has 1 aliphatic heterocycles. The van der Waals surface area contributed by atoms with Crippen LogP contribution in [0.1, 0.15) is 69.9 Å². The third-order valence-electron chi connectivity index (χ3n) is 7.32. The van der Waals surface area contributed by atoms with Crippen LogP contribution in [0.5, 0.6) is 0 Å². The van der Waals surface area contributed by atoms with Crippen LogP contribution in [0.3, 0.4) is 0 Å². The predicted molar refractivity (Wildman–Crippen MR) is 143 cm³/mol. The number of urea groups is 1. The van der Waals surface area contributed by atoms with E-state index < -0.39 is 41.2 Å². The van der Waals surface area contributed by atoms with Gasteiger partial charge in [-0.3, -0.25) is 14.4 Å². The number of amides is 4. The minimum absolute atomic E-state index is 0.246. The van der Waals surface area contributed by atoms with E-state index >= 15 is 0 Å². The number of rotatable bonds is 11. The number of methoxy groups -OCH3 is 1. The van der Waals surface area contributed by atoms with Crippen molar-refractivity contribution < 1.29 is 33.4 Å². The molecule has 2 fully saturated rings. The van der Waals surface area contributed by atoms with Gasteiger partial charge in [0.1, 0.15) is 5.54 Å². The van der Waals surface area contributed by atoms with Crippen molar-refractivity contribution >= 4 is 29.6 Å². The number of esters is 1. The number of ketones is 1. The second kappa shape index (κ2) is 14.6. The molecule has 1 aliphatic carbocycles. The summed E-state index contributed by atoms with van der Waals surface area (Å²) in [5, 5.41) is 8.21. The number of Topliss-reactive ketones (excluding diaryl/α,β-unsaturated/α-hetero) is 1. The Balaban J connectivity index is 1.76. The summed E-state index contributed by atoms with van der Waals surface area (Å²) in [6, 6.07) is 5.85. The minimum atomic E-state index is -1.17. The summed E-state index contributed by atoms with van der Waals surface area (Å²) in [4.78, 5) is 67.2. The third kappa shape index (κ3) is 8.01. The zero-order valence-electron chi connectivity index (χ0n) is 22.8. The molecule has 0 spiro atoms. The van der Waals surface area contributed by atoms with Crippen LogP contribution in [-0.2, 0) is 28.7 Å². The van der Waals surface area contributed by atoms with Crippen molar-refractivity contribution in [3.63, 3.8) is 0 Å². The van der Waals surface area contributed by atoms with E-state index in [-0.39, 0.29) is 12.5 Å². The number of carbonyl (C=O) groups is 5. The molecule has 2 aliphatic rings. The fourth-order valence-electron chi connectivity index (χ4n) is 4.99. The van der Waals surface area contributed by atoms with Gasteiger partial charge in [0.15, 0.2) is 6.04 Å². The molecule has 214 valence electrons. The maximum atomic E-state index is 13.7. The number of unbranched alkanes of at least 4 members (excludes halogenated alkanes) is 1. The molecule has 4 amide bonds. The standard InChI is InChI=1S/C28H40N4O7/c1-3-4-13-21(23(33)24(34)30-22(25(35)38-2)20-11-7-5-8-12-20)29-26(36)28(14-9-6-10-15-28)31-27(37)32-16-18-39-19-17-32/h5,7-8,11-12,21-22H,3-4,6,9-10,13-19H2,1-2H3,(H,29,36)(H,30,34)(H,31,37)/t21-,22+/m0/s1. The smallest absolute Gasteiger partial charge is 0.333 e. The summed E-state index contributed by atoms with van der Waals surface area (Å²) >= 11 is 0. The maximum Gasteiger partial charge on any atom is 0.333 e. The first-order chi connectivity index (χ1) is 18.8. The van der Waals surface area contributed by atoms with Crippen molar-refractivity contribution in [2.24, 2.45) is 0 Å². The predicted octanol–water partition coefficient (Wildman–Crippen LogP) is 2.01. The van der Waals surface area contributed by atoms with E-state index in [0.717, 1.165) is 25.7 Å². The Kier molecular flexibility index (Phi) is 11.3. The Bertz CT molecular complexity index is 1000. The lowest BCUT2D eigenvalue weighted by Gasteiger charge is -2.39. The Labute approximate surface area is 229 Å². The molecule has 0 radical (unpaired) electrons. The quantitative estimate of drug-likeness (QED) is 0.286. The molecule has 2 atom stereocenters. The molecule has 1 saturated carbocycles. The number of ether oxygens (including phenoxy) is 2. The Morgan fingerprint density at radius 3 is 2.28 bits per heavy atom. The van der Waals surface area contributed by atoms with Gasteiger partial charge < -0.3 is 30.3 Å². The second-order valence-corrected chi connectivity index (χ2v) is 10.0. The Hall–Kier alpha value is -3.47. The van der Waals surface area contributed by atoms with E-state index in [0.29, 0.717) is 51.1 Å². The van der Waals surface area contributed by atoms with E-state index in [9.17, 15) is 24.0 Å². The van der Waals surface area contributed by atoms with Gasteiger partial charge >= 0.3 is 12.0 Å². The molecule has 3 N–H and O–H groups in total. The van der Waals surface area contributed by atoms with Gasteiger partial charge in [0.25, 0.3) is 5.91 Å². The highest BCUT2D eigenvalue weighted by molar-refractivity contribution is 6.38. The van der Waals surface area contributed by atoms with Gasteiger partial charge in [-0.25, -0.2) is 9.59 Å². The molecule has 0 unspecified atom stereocenters. The summed E-state index contributed by atoms with van der Waals surface area (Å²) in [6.45, 7) is 3.68. The van der Waals surface area contributed by atoms with E-state index in [1.165, 1.54) is 7.11 Å². The van der Waals surface area contributed by atoms with Crippen molar-refractivity contribution in [2.75, 3.05) is 33.4 Å². The zero-order valence-corrected chi connectivity index (χ0v) is 22.8. The van der Waals surface area contributed by atoms with E-state index in [4.69, 9.17) is 9.47 Å². The van der Waals surface area contributed by atoms with Crippen LogP contribution in [0.2, 0.25) is 0 Å². The Morgan fingerprint density at radius 2 is 1.67 bits per heavy atom. The molecule has 1 heterocycles. The Morgan fingerprint density at radius 1 is 1.00 bits per heavy atom. The van der Waals surface area contributed by atoms with Crippen LogP contribution in [0.25, 0.3) is 0 Å². The average Bonchev–Trinajstić information content (AvgIpc) is 2.98. The summed E-state index contributed by atoms with van der Waals surface area (Å²) in [7, 11) is 1.20. The lowest BCUT2D eigenvalue weighted by molar-refractivity contribution is -0.147. The third-order valence-corrected chi connectivity index (χ3v) is 7.32. The zero-order chi connectivity index (χ0) is 28.3. The molecule has 1 aromatic rings. The van der Waals surface area contributed by atoms with Gasteiger partial charge in [0.05, 0.1) is 26.4 Å². The van der Waals surface area contributed by atoms with E-state index in [1.54, 1.807) is 35.2 Å². The van der Waals surface area contributed by atoms with Gasteiger partial charge in [0.2, 0.25) is 11.7 Å². The normalized spacial score (nSPS) is 18.3. The van der Waals surface area contributed by atoms with Crippen molar-refractivity contribution in [2.45, 2.75) is 75.9 Å². The van der Waals surface area contributed by atoms with Crippen LogP contribution >= 0.6 is 0 Å². The fourth-order valence-corrected chi connectivity index (χ4v) is 4.99. The largest absolute Gasteiger partial charge is 0.467 e. The number of nitrogens with one attached hydrogen (secondary N) is 3. The number of morpholine rings is 1. The molecule has 0 bridgehead atoms. The van der Waals surface area contributed by atoms with Crippen LogP contribution in [-0.4, -0.2) is 79.5 Å². The van der Waals surface area contributed by atoms with Crippen molar-refractivity contribution in [3.8, 4) is 0 Å². The lowest BCUT2D eigenvalue weighted by Crippen LogP contribution is -2.64. The molecule has 39 heavy (non-hydrogen) atoms. The molecular weight excluding hydrogens is 504 g/mol. The number of carbonyl (C=O) groups excluding carboxylic acids is 5. The highest BCUT2D eigenvalue weighted by Crippen LogP contribution is 2.29. The lowest BCUT2D eigenvalue weighted by atomic mass is 9.80. The van der Waals surface area contributed by atoms with Gasteiger partial charge in [-0.15, -0.1) is 0 Å². The second-order valence-electron chi connectivity index (χ2n) is 10.0. The summed E-state index contributed by atoms with van der Waals surface area (Å²) < 4.78 is 10.2. The molecule has 1 aromatic carbocycles. The van der Waals surface area contributed by atoms with Crippen molar-refractivity contribution in [3.05, 3.63) is 35.9 Å². The first-order valence-electron chi connectivity index (χ1n) is 13.7. The highest BCUT2D eigenvalue weighted by Gasteiger charge is 2.43. The van der Waals surface area contributed by atoms with E-state index in [1.807, 2.05) is 6.92 Å². The van der Waals surface area contributed by atoms with Crippen LogP contribution in [0, 0.1) is 0 Å². The number of nitrogens with zero attached hydrogens (tertiary/aromatic N) is 1. The number of hydrogen-bond donors (Lipinski definition) is 3. The van der Waals surface area contributed by atoms with Gasteiger partial charge in [-0.1, -0.05) is 69.4 Å².